The molecule has 3 heteroatoms. The molecule has 0 aliphatic heterocycles. The number of hydrogen-bond donors (Lipinski definition) is 0. The van der Waals surface area contributed by atoms with Crippen LogP contribution in [0, 0.1) is 20.4 Å². The van der Waals surface area contributed by atoms with Crippen LogP contribution in [0.5, 0.6) is 0 Å². The maximum Gasteiger partial charge on any atom is 0.216 e. The Labute approximate surface area is 194 Å². The third-order valence-electron chi connectivity index (χ3n) is 6.73. The smallest absolute Gasteiger partial charge is 0.216 e. The highest BCUT2D eigenvalue weighted by Crippen LogP contribution is 2.42. The fourth-order valence-electron chi connectivity index (χ4n) is 4.88. The molecule has 3 aromatic carbocycles. The Morgan fingerprint density at radius 3 is 2.33 bits per heavy atom. The van der Waals surface area contributed by atoms with Crippen molar-refractivity contribution in [2.45, 2.75) is 33.6 Å². The van der Waals surface area contributed by atoms with E-state index in [2.05, 4.69) is 80.6 Å². The van der Waals surface area contributed by atoms with Crippen molar-refractivity contribution in [3.05, 3.63) is 95.0 Å². The van der Waals surface area contributed by atoms with Gasteiger partial charge >= 0.3 is 0 Å². The summed E-state index contributed by atoms with van der Waals surface area (Å²) in [6, 6.07) is 22.8. The summed E-state index contributed by atoms with van der Waals surface area (Å²) in [4.78, 5) is 3.75. The number of furan rings is 1. The van der Waals surface area contributed by atoms with Gasteiger partial charge in [-0.05, 0) is 42.2 Å². The predicted octanol–water partition coefficient (Wildman–Crippen LogP) is 8.04. The summed E-state index contributed by atoms with van der Waals surface area (Å²) in [6.07, 6.45) is 0. The van der Waals surface area contributed by atoms with E-state index in [1.807, 2.05) is 30.3 Å². The summed E-state index contributed by atoms with van der Waals surface area (Å²) < 4.78 is 8.93. The zero-order valence-corrected chi connectivity index (χ0v) is 19.7. The number of aryl methyl sites for hydroxylation is 1. The molecule has 0 saturated carbocycles. The largest absolute Gasteiger partial charge is 0.455 e. The van der Waals surface area contributed by atoms with E-state index in [4.69, 9.17) is 11.0 Å². The molecule has 0 saturated heterocycles. The van der Waals surface area contributed by atoms with Gasteiger partial charge in [-0.25, -0.2) is 4.85 Å². The molecular weight excluding hydrogens is 404 g/mol. The highest BCUT2D eigenvalue weighted by Gasteiger charge is 2.24. The van der Waals surface area contributed by atoms with Crippen LogP contribution in [-0.2, 0) is 7.05 Å². The summed E-state index contributed by atoms with van der Waals surface area (Å²) in [5, 5.41) is 2.02. The van der Waals surface area contributed by atoms with E-state index >= 15 is 0 Å². The van der Waals surface area contributed by atoms with Crippen molar-refractivity contribution in [1.29, 1.82) is 0 Å². The molecule has 5 aromatic rings. The molecule has 0 fully saturated rings. The standard InChI is InChI=1S/C30H27N2O/c1-18(2)23-14-15-27(32(6)20(23)4)28-19(3)12-13-24-26-17-22(31-5)16-25(29(26)33-30(24)28)21-10-8-7-9-11-21/h7-18H,1-4,6H3/q+1. The molecule has 2 aromatic heterocycles. The Hall–Kier alpha value is -3.90. The maximum absolute atomic E-state index is 7.65. The Balaban J connectivity index is 1.87. The lowest BCUT2D eigenvalue weighted by Gasteiger charge is -2.11. The lowest BCUT2D eigenvalue weighted by molar-refractivity contribution is -0.667. The summed E-state index contributed by atoms with van der Waals surface area (Å²) in [6.45, 7) is 16.4. The highest BCUT2D eigenvalue weighted by atomic mass is 16.3. The molecule has 0 unspecified atom stereocenters. The normalized spacial score (nSPS) is 11.4. The van der Waals surface area contributed by atoms with Gasteiger partial charge in [0, 0.05) is 34.9 Å². The molecule has 0 spiro atoms. The van der Waals surface area contributed by atoms with Crippen LogP contribution in [0.4, 0.5) is 5.69 Å². The Morgan fingerprint density at radius 1 is 0.879 bits per heavy atom. The molecule has 0 bridgehead atoms. The minimum atomic E-state index is 0.466. The fourth-order valence-corrected chi connectivity index (χ4v) is 4.88. The third kappa shape index (κ3) is 3.31. The number of hydrogen-bond acceptors (Lipinski definition) is 1. The van der Waals surface area contributed by atoms with E-state index in [0.29, 0.717) is 11.6 Å². The molecule has 0 aliphatic rings. The van der Waals surface area contributed by atoms with Crippen LogP contribution in [0.15, 0.2) is 71.1 Å². The second-order valence-corrected chi connectivity index (χ2v) is 9.06. The van der Waals surface area contributed by atoms with Gasteiger partial charge in [-0.15, -0.1) is 0 Å². The van der Waals surface area contributed by atoms with Crippen LogP contribution >= 0.6 is 0 Å². The molecule has 3 nitrogen and oxygen atoms in total. The Bertz CT molecular complexity index is 1570. The molecule has 162 valence electrons. The summed E-state index contributed by atoms with van der Waals surface area (Å²) in [5.74, 6) is 0.466. The van der Waals surface area contributed by atoms with E-state index in [9.17, 15) is 0 Å². The van der Waals surface area contributed by atoms with Crippen LogP contribution in [0.3, 0.4) is 0 Å². The Kier molecular flexibility index (Phi) is 5.02. The van der Waals surface area contributed by atoms with E-state index in [1.54, 1.807) is 0 Å². The van der Waals surface area contributed by atoms with Crippen molar-refractivity contribution in [2.24, 2.45) is 7.05 Å². The topological polar surface area (TPSA) is 21.4 Å². The zero-order chi connectivity index (χ0) is 23.3. The van der Waals surface area contributed by atoms with Crippen molar-refractivity contribution in [3.8, 4) is 22.4 Å². The first-order valence-corrected chi connectivity index (χ1v) is 11.3. The number of benzene rings is 3. The molecular formula is C30H27N2O+. The van der Waals surface area contributed by atoms with Crippen LogP contribution in [0.25, 0.3) is 49.2 Å². The van der Waals surface area contributed by atoms with Gasteiger partial charge in [-0.3, -0.25) is 0 Å². The van der Waals surface area contributed by atoms with Crippen molar-refractivity contribution in [2.75, 3.05) is 0 Å². The number of aromatic nitrogens is 1. The van der Waals surface area contributed by atoms with E-state index in [0.717, 1.165) is 44.3 Å². The van der Waals surface area contributed by atoms with Gasteiger partial charge < -0.3 is 4.42 Å². The average molecular weight is 432 g/mol. The molecule has 5 rings (SSSR count). The number of pyridine rings is 1. The second-order valence-electron chi connectivity index (χ2n) is 9.06. The maximum atomic E-state index is 7.65. The van der Waals surface area contributed by atoms with E-state index in [1.165, 1.54) is 16.8 Å². The molecule has 0 amide bonds. The molecule has 33 heavy (non-hydrogen) atoms. The first kappa shape index (κ1) is 21.0. The first-order valence-electron chi connectivity index (χ1n) is 11.3. The third-order valence-corrected chi connectivity index (χ3v) is 6.73. The van der Waals surface area contributed by atoms with E-state index < -0.39 is 0 Å². The van der Waals surface area contributed by atoms with Gasteiger partial charge in [-0.2, -0.15) is 4.57 Å². The van der Waals surface area contributed by atoms with Crippen LogP contribution < -0.4 is 4.57 Å². The quantitative estimate of drug-likeness (QED) is 0.209. The summed E-state index contributed by atoms with van der Waals surface area (Å²) in [5.41, 5.74) is 10.3. The zero-order valence-electron chi connectivity index (χ0n) is 19.7. The second kappa shape index (κ2) is 7.90. The Morgan fingerprint density at radius 2 is 1.64 bits per heavy atom. The monoisotopic (exact) mass is 431 g/mol. The van der Waals surface area contributed by atoms with Crippen molar-refractivity contribution in [3.63, 3.8) is 0 Å². The summed E-state index contributed by atoms with van der Waals surface area (Å²) in [7, 11) is 2.13. The van der Waals surface area contributed by atoms with Gasteiger partial charge in [0.15, 0.2) is 11.4 Å². The highest BCUT2D eigenvalue weighted by molar-refractivity contribution is 6.14. The minimum Gasteiger partial charge on any atom is -0.455 e. The van der Waals surface area contributed by atoms with Gasteiger partial charge in [0.2, 0.25) is 5.69 Å². The number of rotatable bonds is 3. The molecule has 2 heterocycles. The van der Waals surface area contributed by atoms with Crippen molar-refractivity contribution < 1.29 is 8.98 Å². The van der Waals surface area contributed by atoms with Gasteiger partial charge in [0.1, 0.15) is 18.2 Å². The van der Waals surface area contributed by atoms with Gasteiger partial charge in [0.25, 0.3) is 0 Å². The average Bonchev–Trinajstić information content (AvgIpc) is 3.19. The van der Waals surface area contributed by atoms with E-state index in [-0.39, 0.29) is 0 Å². The number of nitrogens with zero attached hydrogens (tertiary/aromatic N) is 2. The molecule has 0 atom stereocenters. The first-order chi connectivity index (χ1) is 15.9. The van der Waals surface area contributed by atoms with Crippen LogP contribution in [-0.4, -0.2) is 0 Å². The molecule has 0 aliphatic carbocycles. The van der Waals surface area contributed by atoms with Crippen molar-refractivity contribution in [1.82, 2.24) is 0 Å². The predicted molar refractivity (Wildman–Crippen MR) is 136 cm³/mol. The van der Waals surface area contributed by atoms with Gasteiger partial charge in [0.05, 0.1) is 12.1 Å². The summed E-state index contributed by atoms with van der Waals surface area (Å²) >= 11 is 0. The SMILES string of the molecule is [C-]#[N+]c1cc(-c2ccccc2)c2oc3c(-c4ccc(C(C)C)c(C)[n+]4C)c(C)ccc3c2c1. The van der Waals surface area contributed by atoms with Crippen LogP contribution in [0.2, 0.25) is 0 Å². The fraction of sp³-hybridized carbons (Fsp3) is 0.200. The van der Waals surface area contributed by atoms with Gasteiger partial charge in [-0.1, -0.05) is 56.3 Å². The molecule has 0 radical (unpaired) electrons. The lowest BCUT2D eigenvalue weighted by Crippen LogP contribution is -2.36. The minimum absolute atomic E-state index is 0.466. The van der Waals surface area contributed by atoms with Crippen molar-refractivity contribution >= 4 is 27.6 Å². The molecule has 0 N–H and O–H groups in total. The van der Waals surface area contributed by atoms with Crippen LogP contribution in [0.1, 0.15) is 36.6 Å². The number of fused-ring (bicyclic) bond motifs is 3. The lowest BCUT2D eigenvalue weighted by atomic mass is 9.96.